The molecule has 2 rings (SSSR count). The average Bonchev–Trinajstić information content (AvgIpc) is 2.80. The molecule has 0 aromatic carbocycles. The minimum atomic E-state index is -0.0674. The van der Waals surface area contributed by atoms with Crippen molar-refractivity contribution in [2.24, 2.45) is 11.3 Å². The van der Waals surface area contributed by atoms with Gasteiger partial charge in [-0.15, -0.1) is 0 Å². The Bertz CT molecular complexity index is 318. The Morgan fingerprint density at radius 1 is 1.35 bits per heavy atom. The van der Waals surface area contributed by atoms with Crippen LogP contribution in [0.4, 0.5) is 4.79 Å². The summed E-state index contributed by atoms with van der Waals surface area (Å²) in [5.41, 5.74) is 0.159. The molecule has 0 spiro atoms. The smallest absolute Gasteiger partial charge is 0.315 e. The van der Waals surface area contributed by atoms with Crippen LogP contribution in [0.3, 0.4) is 0 Å². The quantitative estimate of drug-likeness (QED) is 0.666. The summed E-state index contributed by atoms with van der Waals surface area (Å²) in [5.74, 6) is 0.433. The predicted octanol–water partition coefficient (Wildman–Crippen LogP) is 1.65. The van der Waals surface area contributed by atoms with Gasteiger partial charge < -0.3 is 20.5 Å². The van der Waals surface area contributed by atoms with Gasteiger partial charge in [0.25, 0.3) is 0 Å². The van der Waals surface area contributed by atoms with Gasteiger partial charge in [-0.25, -0.2) is 4.79 Å². The molecule has 2 aliphatic carbocycles. The molecule has 2 saturated carbocycles. The van der Waals surface area contributed by atoms with E-state index in [0.29, 0.717) is 12.5 Å². The molecule has 5 heteroatoms. The van der Waals surface area contributed by atoms with E-state index in [0.717, 1.165) is 45.1 Å². The minimum absolute atomic E-state index is 0.0674. The lowest BCUT2D eigenvalue weighted by Crippen LogP contribution is -2.50. The molecule has 0 aromatic rings. The second-order valence-corrected chi connectivity index (χ2v) is 6.42. The number of rotatable bonds is 7. The Kier molecular flexibility index (Phi) is 5.66. The second-order valence-electron chi connectivity index (χ2n) is 6.42. The van der Waals surface area contributed by atoms with Crippen LogP contribution in [-0.2, 0) is 4.74 Å². The Balaban J connectivity index is 1.72. The first-order valence-electron chi connectivity index (χ1n) is 7.83. The topological polar surface area (TPSA) is 70.6 Å². The van der Waals surface area contributed by atoms with Gasteiger partial charge in [0.1, 0.15) is 0 Å². The molecule has 2 aliphatic rings. The van der Waals surface area contributed by atoms with E-state index >= 15 is 0 Å². The SMILES string of the molecule is COCC1(CNC(=O)N[C@@H]2CCC[C@H]2CCO)CCC1. The highest BCUT2D eigenvalue weighted by atomic mass is 16.5. The molecule has 5 nitrogen and oxygen atoms in total. The summed E-state index contributed by atoms with van der Waals surface area (Å²) in [6, 6.07) is 0.157. The molecule has 2 fully saturated rings. The van der Waals surface area contributed by atoms with Crippen molar-refractivity contribution in [1.29, 1.82) is 0 Å². The maximum Gasteiger partial charge on any atom is 0.315 e. The fraction of sp³-hybridized carbons (Fsp3) is 0.933. The highest BCUT2D eigenvalue weighted by molar-refractivity contribution is 5.74. The summed E-state index contributed by atoms with van der Waals surface area (Å²) in [5, 5.41) is 15.1. The lowest BCUT2D eigenvalue weighted by Gasteiger charge is -2.41. The maximum absolute atomic E-state index is 12.0. The van der Waals surface area contributed by atoms with Crippen molar-refractivity contribution >= 4 is 6.03 Å². The summed E-state index contributed by atoms with van der Waals surface area (Å²) < 4.78 is 5.26. The molecule has 2 amide bonds. The molecular formula is C15H28N2O3. The number of carbonyl (C=O) groups excluding carboxylic acids is 1. The van der Waals surface area contributed by atoms with E-state index in [2.05, 4.69) is 10.6 Å². The molecule has 3 N–H and O–H groups in total. The van der Waals surface area contributed by atoms with Crippen LogP contribution in [0, 0.1) is 11.3 Å². The number of aliphatic hydroxyl groups is 1. The van der Waals surface area contributed by atoms with Crippen LogP contribution < -0.4 is 10.6 Å². The van der Waals surface area contributed by atoms with E-state index < -0.39 is 0 Å². The molecule has 0 aromatic heterocycles. The number of ether oxygens (including phenoxy) is 1. The molecule has 0 heterocycles. The molecule has 0 aliphatic heterocycles. The number of nitrogens with one attached hydrogen (secondary N) is 2. The molecular weight excluding hydrogens is 256 g/mol. The number of carbonyl (C=O) groups is 1. The molecule has 116 valence electrons. The summed E-state index contributed by atoms with van der Waals surface area (Å²) in [6.07, 6.45) is 7.57. The van der Waals surface area contributed by atoms with Crippen LogP contribution in [0.15, 0.2) is 0 Å². The number of aliphatic hydroxyl groups excluding tert-OH is 1. The summed E-state index contributed by atoms with van der Waals surface area (Å²) in [4.78, 5) is 12.0. The van der Waals surface area contributed by atoms with Crippen molar-refractivity contribution in [3.05, 3.63) is 0 Å². The third-order valence-corrected chi connectivity index (χ3v) is 4.96. The third kappa shape index (κ3) is 3.85. The van der Waals surface area contributed by atoms with Crippen LogP contribution in [0.1, 0.15) is 44.9 Å². The van der Waals surface area contributed by atoms with Gasteiger partial charge >= 0.3 is 6.03 Å². The van der Waals surface area contributed by atoms with Gasteiger partial charge in [0.05, 0.1) is 6.61 Å². The van der Waals surface area contributed by atoms with E-state index in [1.165, 1.54) is 6.42 Å². The van der Waals surface area contributed by atoms with E-state index in [1.807, 2.05) is 0 Å². The average molecular weight is 284 g/mol. The van der Waals surface area contributed by atoms with Gasteiger partial charge in [-0.1, -0.05) is 12.8 Å². The first-order valence-corrected chi connectivity index (χ1v) is 7.83. The van der Waals surface area contributed by atoms with Crippen molar-refractivity contribution < 1.29 is 14.6 Å². The van der Waals surface area contributed by atoms with Crippen molar-refractivity contribution in [2.75, 3.05) is 26.9 Å². The highest BCUT2D eigenvalue weighted by Gasteiger charge is 2.37. The summed E-state index contributed by atoms with van der Waals surface area (Å²) in [7, 11) is 1.72. The van der Waals surface area contributed by atoms with Gasteiger partial charge in [-0.2, -0.15) is 0 Å². The van der Waals surface area contributed by atoms with Crippen LogP contribution in [-0.4, -0.2) is 44.0 Å². The number of amides is 2. The lowest BCUT2D eigenvalue weighted by atomic mass is 9.69. The first-order chi connectivity index (χ1) is 9.69. The maximum atomic E-state index is 12.0. The zero-order valence-corrected chi connectivity index (χ0v) is 12.5. The standard InChI is InChI=1S/C15H28N2O3/c1-20-11-15(7-3-8-15)10-16-14(19)17-13-5-2-4-12(13)6-9-18/h12-13,18H,2-11H2,1H3,(H2,16,17,19)/t12-,13+/m0/s1. The van der Waals surface area contributed by atoms with Crippen molar-refractivity contribution in [2.45, 2.75) is 51.0 Å². The van der Waals surface area contributed by atoms with E-state index in [-0.39, 0.29) is 24.1 Å². The Morgan fingerprint density at radius 3 is 2.75 bits per heavy atom. The number of urea groups is 1. The van der Waals surface area contributed by atoms with Crippen LogP contribution in [0.2, 0.25) is 0 Å². The lowest BCUT2D eigenvalue weighted by molar-refractivity contribution is 0.0199. The van der Waals surface area contributed by atoms with Crippen molar-refractivity contribution in [1.82, 2.24) is 10.6 Å². The zero-order chi connectivity index (χ0) is 14.4. The number of methoxy groups -OCH3 is 1. The molecule has 0 radical (unpaired) electrons. The van der Waals surface area contributed by atoms with E-state index in [4.69, 9.17) is 9.84 Å². The summed E-state index contributed by atoms with van der Waals surface area (Å²) in [6.45, 7) is 1.63. The normalized spacial score (nSPS) is 27.9. The van der Waals surface area contributed by atoms with Gasteiger partial charge in [-0.05, 0) is 38.0 Å². The molecule has 0 saturated heterocycles. The third-order valence-electron chi connectivity index (χ3n) is 4.96. The van der Waals surface area contributed by atoms with Crippen LogP contribution in [0.5, 0.6) is 0 Å². The van der Waals surface area contributed by atoms with Gasteiger partial charge in [-0.3, -0.25) is 0 Å². The summed E-state index contributed by atoms with van der Waals surface area (Å²) >= 11 is 0. The first kappa shape index (κ1) is 15.6. The molecule has 2 atom stereocenters. The van der Waals surface area contributed by atoms with E-state index in [9.17, 15) is 4.79 Å². The largest absolute Gasteiger partial charge is 0.396 e. The predicted molar refractivity (Wildman–Crippen MR) is 77.5 cm³/mol. The Hall–Kier alpha value is -0.810. The minimum Gasteiger partial charge on any atom is -0.396 e. The monoisotopic (exact) mass is 284 g/mol. The van der Waals surface area contributed by atoms with Crippen LogP contribution >= 0.6 is 0 Å². The van der Waals surface area contributed by atoms with Crippen molar-refractivity contribution in [3.8, 4) is 0 Å². The number of hydrogen-bond acceptors (Lipinski definition) is 3. The molecule has 0 bridgehead atoms. The van der Waals surface area contributed by atoms with Gasteiger partial charge in [0.2, 0.25) is 0 Å². The van der Waals surface area contributed by atoms with E-state index in [1.54, 1.807) is 7.11 Å². The fourth-order valence-electron chi connectivity index (χ4n) is 3.58. The Morgan fingerprint density at radius 2 is 2.15 bits per heavy atom. The molecule has 0 unspecified atom stereocenters. The van der Waals surface area contributed by atoms with Gasteiger partial charge in [0.15, 0.2) is 0 Å². The fourth-order valence-corrected chi connectivity index (χ4v) is 3.58. The Labute approximate surface area is 121 Å². The van der Waals surface area contributed by atoms with Crippen molar-refractivity contribution in [3.63, 3.8) is 0 Å². The molecule has 20 heavy (non-hydrogen) atoms. The zero-order valence-electron chi connectivity index (χ0n) is 12.5. The van der Waals surface area contributed by atoms with Gasteiger partial charge in [0, 0.05) is 31.7 Å². The van der Waals surface area contributed by atoms with Crippen LogP contribution in [0.25, 0.3) is 0 Å². The second kappa shape index (κ2) is 7.27. The number of hydrogen-bond donors (Lipinski definition) is 3. The highest BCUT2D eigenvalue weighted by Crippen LogP contribution is 2.40.